The number of hydrogen-bond acceptors (Lipinski definition) is 12. The Morgan fingerprint density at radius 2 is 1.66 bits per heavy atom. The van der Waals surface area contributed by atoms with E-state index in [1.54, 1.807) is 44.3 Å². The molecule has 0 radical (unpaired) electrons. The van der Waals surface area contributed by atoms with E-state index in [0.29, 0.717) is 42.3 Å². The van der Waals surface area contributed by atoms with Gasteiger partial charge in [0, 0.05) is 69.2 Å². The number of likely N-dealkylation sites (tertiary alicyclic amines) is 2. The molecule has 6 heterocycles. The predicted octanol–water partition coefficient (Wildman–Crippen LogP) is 2.54. The molecule has 1 unspecified atom stereocenters. The predicted molar refractivity (Wildman–Crippen MR) is 208 cm³/mol. The van der Waals surface area contributed by atoms with E-state index in [0.717, 1.165) is 46.5 Å². The number of aryl methyl sites for hydroxylation is 1. The SMILES string of the molecule is COc1cc(-c2cn(C)c(=O)c3cnccc23)cc(OC)c1CN1CCC2(C1)CN(C(=O)CCOCCOc1ccc3c(c1)C(=O)N(C1CCC(=O)NC1=O)C3=O)C2. The van der Waals surface area contributed by atoms with Crippen LogP contribution in [-0.2, 0) is 32.7 Å². The molecular weight excluding hydrogens is 748 g/mol. The zero-order valence-corrected chi connectivity index (χ0v) is 32.6. The maximum Gasteiger partial charge on any atom is 0.262 e. The number of methoxy groups -OCH3 is 2. The summed E-state index contributed by atoms with van der Waals surface area (Å²) in [6.45, 7) is 4.33. The summed E-state index contributed by atoms with van der Waals surface area (Å²) >= 11 is 0. The Morgan fingerprint density at radius 3 is 2.40 bits per heavy atom. The second-order valence-electron chi connectivity index (χ2n) is 15.3. The molecule has 58 heavy (non-hydrogen) atoms. The highest BCUT2D eigenvalue weighted by atomic mass is 16.5. The molecule has 5 amide bonds. The van der Waals surface area contributed by atoms with Crippen LogP contribution in [-0.4, -0.2) is 120 Å². The molecular formula is C42H44N6O10. The minimum atomic E-state index is -1.04. The monoisotopic (exact) mass is 792 g/mol. The van der Waals surface area contributed by atoms with E-state index in [-0.39, 0.29) is 67.1 Å². The summed E-state index contributed by atoms with van der Waals surface area (Å²) in [7, 11) is 5.01. The zero-order valence-electron chi connectivity index (χ0n) is 32.6. The number of benzene rings is 2. The van der Waals surface area contributed by atoms with Crippen molar-refractivity contribution in [3.8, 4) is 28.4 Å². The number of nitrogens with zero attached hydrogens (tertiary/aromatic N) is 5. The van der Waals surface area contributed by atoms with Crippen molar-refractivity contribution in [2.24, 2.45) is 12.5 Å². The van der Waals surface area contributed by atoms with Crippen LogP contribution in [0, 0.1) is 5.41 Å². The fourth-order valence-corrected chi connectivity index (χ4v) is 8.60. The lowest BCUT2D eigenvalue weighted by molar-refractivity contribution is -0.144. The average molecular weight is 793 g/mol. The van der Waals surface area contributed by atoms with Gasteiger partial charge in [0.1, 0.15) is 29.9 Å². The van der Waals surface area contributed by atoms with Crippen molar-refractivity contribution in [1.29, 1.82) is 0 Å². The summed E-state index contributed by atoms with van der Waals surface area (Å²) in [5.74, 6) is -0.495. The van der Waals surface area contributed by atoms with E-state index >= 15 is 0 Å². The molecule has 4 aliphatic rings. The Kier molecular flexibility index (Phi) is 10.5. The normalized spacial score (nSPS) is 18.8. The van der Waals surface area contributed by atoms with Crippen molar-refractivity contribution in [3.63, 3.8) is 0 Å². The number of fused-ring (bicyclic) bond motifs is 2. The van der Waals surface area contributed by atoms with Crippen LogP contribution in [0.1, 0.15) is 52.0 Å². The summed E-state index contributed by atoms with van der Waals surface area (Å²) < 4.78 is 24.8. The molecule has 16 nitrogen and oxygen atoms in total. The number of imide groups is 2. The molecule has 0 bridgehead atoms. The number of carbonyl (C=O) groups excluding carboxylic acids is 5. The van der Waals surface area contributed by atoms with E-state index in [9.17, 15) is 28.8 Å². The van der Waals surface area contributed by atoms with Gasteiger partial charge in [-0.25, -0.2) is 0 Å². The van der Waals surface area contributed by atoms with Crippen LogP contribution in [0.2, 0.25) is 0 Å². The smallest absolute Gasteiger partial charge is 0.262 e. The largest absolute Gasteiger partial charge is 0.496 e. The molecule has 2 aromatic carbocycles. The number of carbonyl (C=O) groups is 5. The quantitative estimate of drug-likeness (QED) is 0.155. The van der Waals surface area contributed by atoms with Crippen LogP contribution in [0.4, 0.5) is 0 Å². The first-order valence-corrected chi connectivity index (χ1v) is 19.2. The van der Waals surface area contributed by atoms with Gasteiger partial charge < -0.3 is 28.4 Å². The lowest BCUT2D eigenvalue weighted by Crippen LogP contribution is -2.59. The first-order chi connectivity index (χ1) is 28.0. The highest BCUT2D eigenvalue weighted by Gasteiger charge is 2.49. The van der Waals surface area contributed by atoms with Crippen molar-refractivity contribution >= 4 is 40.3 Å². The number of hydrogen-bond donors (Lipinski definition) is 1. The minimum Gasteiger partial charge on any atom is -0.496 e. The third-order valence-corrected chi connectivity index (χ3v) is 11.6. The standard InChI is InChI=1S/C42H44N6O10/c1-45-20-31(27-8-11-43-19-30(27)39(45)52)25-16-34(55-2)32(35(17-25)56-3)21-46-12-10-42(22-46)23-47(24-42)37(50)9-13-57-14-15-58-26-4-5-28-29(18-26)41(54)48(40(28)53)33-6-7-36(49)44-38(33)51/h4-5,8,11,16-20,33H,6-7,9-10,12-15,21-24H2,1-3H3,(H,44,49,51). The molecule has 4 aromatic rings. The van der Waals surface area contributed by atoms with Crippen LogP contribution in [0.25, 0.3) is 21.9 Å². The van der Waals surface area contributed by atoms with Crippen molar-refractivity contribution in [2.45, 2.75) is 38.3 Å². The summed E-state index contributed by atoms with van der Waals surface area (Å²) in [6.07, 6.45) is 6.44. The van der Waals surface area contributed by atoms with Gasteiger partial charge in [-0.15, -0.1) is 0 Å². The Labute approximate surface area is 333 Å². The first-order valence-electron chi connectivity index (χ1n) is 19.2. The van der Waals surface area contributed by atoms with Crippen molar-refractivity contribution in [3.05, 3.63) is 82.0 Å². The molecule has 1 spiro atoms. The van der Waals surface area contributed by atoms with Crippen LogP contribution in [0.3, 0.4) is 0 Å². The van der Waals surface area contributed by atoms with Gasteiger partial charge in [0.05, 0.1) is 55.9 Å². The number of nitrogens with one attached hydrogen (secondary N) is 1. The molecule has 302 valence electrons. The van der Waals surface area contributed by atoms with E-state index in [4.69, 9.17) is 18.9 Å². The Morgan fingerprint density at radius 1 is 0.897 bits per heavy atom. The van der Waals surface area contributed by atoms with Gasteiger partial charge in [-0.3, -0.25) is 48.9 Å². The fourth-order valence-electron chi connectivity index (χ4n) is 8.60. The van der Waals surface area contributed by atoms with Crippen LogP contribution >= 0.6 is 0 Å². The third-order valence-electron chi connectivity index (χ3n) is 11.6. The Hall–Kier alpha value is -6.13. The molecule has 4 aliphatic heterocycles. The van der Waals surface area contributed by atoms with Gasteiger partial charge in [-0.2, -0.15) is 0 Å². The van der Waals surface area contributed by atoms with E-state index in [1.165, 1.54) is 12.1 Å². The number of aromatic nitrogens is 2. The molecule has 0 aliphatic carbocycles. The lowest BCUT2D eigenvalue weighted by Gasteiger charge is -2.48. The van der Waals surface area contributed by atoms with Gasteiger partial charge in [0.2, 0.25) is 17.7 Å². The van der Waals surface area contributed by atoms with Crippen LogP contribution in [0.15, 0.2) is 59.8 Å². The van der Waals surface area contributed by atoms with Gasteiger partial charge in [0.25, 0.3) is 17.4 Å². The first kappa shape index (κ1) is 38.7. The number of piperidine rings is 1. The summed E-state index contributed by atoms with van der Waals surface area (Å²) in [5.41, 5.74) is 2.90. The van der Waals surface area contributed by atoms with Crippen LogP contribution in [0.5, 0.6) is 17.2 Å². The number of pyridine rings is 2. The Bertz CT molecular complexity index is 2380. The van der Waals surface area contributed by atoms with Crippen molar-refractivity contribution in [2.75, 3.05) is 60.2 Å². The zero-order chi connectivity index (χ0) is 40.7. The molecule has 3 fully saturated rings. The second kappa shape index (κ2) is 15.7. The minimum absolute atomic E-state index is 0.0350. The fraction of sp³-hybridized carbons (Fsp3) is 0.405. The van der Waals surface area contributed by atoms with Gasteiger partial charge in [0.15, 0.2) is 0 Å². The molecule has 0 saturated carbocycles. The van der Waals surface area contributed by atoms with E-state index in [1.807, 2.05) is 29.3 Å². The molecule has 1 atom stereocenters. The summed E-state index contributed by atoms with van der Waals surface area (Å²) in [5, 5.41) is 3.52. The second-order valence-corrected chi connectivity index (χ2v) is 15.3. The number of amides is 5. The summed E-state index contributed by atoms with van der Waals surface area (Å²) in [6, 6.07) is 9.31. The molecule has 2 aromatic heterocycles. The lowest BCUT2D eigenvalue weighted by atomic mass is 9.79. The van der Waals surface area contributed by atoms with Crippen LogP contribution < -0.4 is 25.1 Å². The number of rotatable bonds is 13. The van der Waals surface area contributed by atoms with Crippen molar-refractivity contribution < 1.29 is 42.9 Å². The maximum absolute atomic E-state index is 13.1. The van der Waals surface area contributed by atoms with E-state index < -0.39 is 29.7 Å². The average Bonchev–Trinajstić information content (AvgIpc) is 3.75. The topological polar surface area (TPSA) is 179 Å². The van der Waals surface area contributed by atoms with Gasteiger partial charge in [-0.1, -0.05) is 0 Å². The van der Waals surface area contributed by atoms with Crippen molar-refractivity contribution in [1.82, 2.24) is 29.6 Å². The molecule has 1 N–H and O–H groups in total. The highest BCUT2D eigenvalue weighted by Crippen LogP contribution is 2.43. The Balaban J connectivity index is 0.792. The van der Waals surface area contributed by atoms with Gasteiger partial charge in [-0.05, 0) is 66.7 Å². The van der Waals surface area contributed by atoms with E-state index in [2.05, 4.69) is 15.2 Å². The molecule has 16 heteroatoms. The molecule has 3 saturated heterocycles. The maximum atomic E-state index is 13.1. The number of ether oxygens (including phenoxy) is 4. The molecule has 8 rings (SSSR count). The van der Waals surface area contributed by atoms with Gasteiger partial charge >= 0.3 is 0 Å². The summed E-state index contributed by atoms with van der Waals surface area (Å²) in [4.78, 5) is 84.9. The third kappa shape index (κ3) is 7.17. The highest BCUT2D eigenvalue weighted by molar-refractivity contribution is 6.23.